The number of hydrogen-bond acceptors (Lipinski definition) is 2. The van der Waals surface area contributed by atoms with E-state index in [1.54, 1.807) is 0 Å². The molecule has 116 valence electrons. The Morgan fingerprint density at radius 1 is 1.24 bits per heavy atom. The van der Waals surface area contributed by atoms with Gasteiger partial charge in [0.15, 0.2) is 0 Å². The Kier molecular flexibility index (Phi) is 5.04. The Morgan fingerprint density at radius 3 is 2.38 bits per heavy atom. The highest BCUT2D eigenvalue weighted by Crippen LogP contribution is 2.23. The first-order valence-electron chi connectivity index (χ1n) is 7.87. The van der Waals surface area contributed by atoms with Crippen molar-refractivity contribution in [3.63, 3.8) is 0 Å². The van der Waals surface area contributed by atoms with E-state index < -0.39 is 5.97 Å². The monoisotopic (exact) mass is 289 g/mol. The zero-order valence-electron chi connectivity index (χ0n) is 13.4. The van der Waals surface area contributed by atoms with E-state index >= 15 is 0 Å². The van der Waals surface area contributed by atoms with Gasteiger partial charge in [0.2, 0.25) is 0 Å². The Hall–Kier alpha value is -1.35. The number of carboxylic acids is 1. The maximum absolute atomic E-state index is 10.9. The van der Waals surface area contributed by atoms with Crippen LogP contribution in [0.1, 0.15) is 44.7 Å². The van der Waals surface area contributed by atoms with Crippen LogP contribution in [-0.4, -0.2) is 23.7 Å². The predicted octanol–water partition coefficient (Wildman–Crippen LogP) is 3.27. The molecule has 1 aliphatic heterocycles. The smallest absolute Gasteiger partial charge is 0.320 e. The Morgan fingerprint density at radius 2 is 1.86 bits per heavy atom. The van der Waals surface area contributed by atoms with Crippen LogP contribution in [0.2, 0.25) is 0 Å². The SMILES string of the molecule is CC(C)(C)CCc1ccc(CC2CN[C@H](C(=O)O)C2)cc1. The molecular formula is C18H27NO2. The molecule has 3 heteroatoms. The molecule has 0 radical (unpaired) electrons. The summed E-state index contributed by atoms with van der Waals surface area (Å²) in [6.45, 7) is 7.62. The molecule has 0 amide bonds. The normalized spacial score (nSPS) is 22.4. The van der Waals surface area contributed by atoms with Gasteiger partial charge in [0.1, 0.15) is 6.04 Å². The third-order valence-corrected chi connectivity index (χ3v) is 4.23. The molecule has 2 atom stereocenters. The van der Waals surface area contributed by atoms with Gasteiger partial charge in [-0.1, -0.05) is 45.0 Å². The second kappa shape index (κ2) is 6.61. The maximum atomic E-state index is 10.9. The fourth-order valence-corrected chi connectivity index (χ4v) is 2.85. The standard InChI is InChI=1S/C18H27NO2/c1-18(2,3)9-8-13-4-6-14(7-5-13)10-15-11-16(17(20)21)19-12-15/h4-7,15-16,19H,8-12H2,1-3H3,(H,20,21)/t15?,16-/m0/s1. The summed E-state index contributed by atoms with van der Waals surface area (Å²) in [5.74, 6) is -0.290. The topological polar surface area (TPSA) is 49.3 Å². The van der Waals surface area contributed by atoms with Crippen molar-refractivity contribution in [2.24, 2.45) is 11.3 Å². The maximum Gasteiger partial charge on any atom is 0.320 e. The van der Waals surface area contributed by atoms with Crippen LogP contribution >= 0.6 is 0 Å². The van der Waals surface area contributed by atoms with E-state index in [0.29, 0.717) is 11.3 Å². The third-order valence-electron chi connectivity index (χ3n) is 4.23. The molecule has 1 fully saturated rings. The highest BCUT2D eigenvalue weighted by Gasteiger charge is 2.28. The minimum absolute atomic E-state index is 0.360. The van der Waals surface area contributed by atoms with Crippen molar-refractivity contribution in [2.45, 2.75) is 52.5 Å². The van der Waals surface area contributed by atoms with Crippen LogP contribution < -0.4 is 5.32 Å². The zero-order valence-corrected chi connectivity index (χ0v) is 13.4. The zero-order chi connectivity index (χ0) is 15.5. The Bertz CT molecular complexity index is 473. The molecule has 2 rings (SSSR count). The molecule has 21 heavy (non-hydrogen) atoms. The average Bonchev–Trinajstić information content (AvgIpc) is 2.86. The number of rotatable bonds is 5. The molecule has 3 nitrogen and oxygen atoms in total. The van der Waals surface area contributed by atoms with Crippen LogP contribution in [0.25, 0.3) is 0 Å². The number of nitrogens with one attached hydrogen (secondary N) is 1. The van der Waals surface area contributed by atoms with Gasteiger partial charge in [-0.2, -0.15) is 0 Å². The van der Waals surface area contributed by atoms with Crippen LogP contribution in [0.4, 0.5) is 0 Å². The first-order valence-corrected chi connectivity index (χ1v) is 7.87. The second-order valence-corrected chi connectivity index (χ2v) is 7.48. The van der Waals surface area contributed by atoms with Crippen LogP contribution in [-0.2, 0) is 17.6 Å². The fraction of sp³-hybridized carbons (Fsp3) is 0.611. The van der Waals surface area contributed by atoms with Crippen molar-refractivity contribution in [1.82, 2.24) is 5.32 Å². The van der Waals surface area contributed by atoms with E-state index in [1.807, 2.05) is 0 Å². The average molecular weight is 289 g/mol. The summed E-state index contributed by atoms with van der Waals surface area (Å²) in [6, 6.07) is 8.48. The molecule has 1 aliphatic rings. The van der Waals surface area contributed by atoms with Gasteiger partial charge in [-0.05, 0) is 54.7 Å². The molecule has 0 bridgehead atoms. The van der Waals surface area contributed by atoms with Crippen molar-refractivity contribution in [2.75, 3.05) is 6.54 Å². The minimum atomic E-state index is -0.727. The summed E-state index contributed by atoms with van der Waals surface area (Å²) in [5, 5.41) is 12.1. The summed E-state index contributed by atoms with van der Waals surface area (Å²) in [6.07, 6.45) is 4.02. The summed E-state index contributed by atoms with van der Waals surface area (Å²) < 4.78 is 0. The lowest BCUT2D eigenvalue weighted by Gasteiger charge is -2.17. The Labute approximate surface area is 127 Å². The molecule has 0 spiro atoms. The number of hydrogen-bond donors (Lipinski definition) is 2. The molecular weight excluding hydrogens is 262 g/mol. The van der Waals surface area contributed by atoms with Gasteiger partial charge >= 0.3 is 5.97 Å². The fourth-order valence-electron chi connectivity index (χ4n) is 2.85. The van der Waals surface area contributed by atoms with E-state index in [1.165, 1.54) is 17.5 Å². The molecule has 1 aromatic rings. The highest BCUT2D eigenvalue weighted by molar-refractivity contribution is 5.73. The van der Waals surface area contributed by atoms with Gasteiger partial charge in [0, 0.05) is 0 Å². The van der Waals surface area contributed by atoms with E-state index in [0.717, 1.165) is 25.8 Å². The van der Waals surface area contributed by atoms with Gasteiger partial charge in [0.25, 0.3) is 0 Å². The van der Waals surface area contributed by atoms with Crippen molar-refractivity contribution >= 4 is 5.97 Å². The van der Waals surface area contributed by atoms with Crippen LogP contribution in [0, 0.1) is 11.3 Å². The summed E-state index contributed by atoms with van der Waals surface area (Å²) in [4.78, 5) is 10.9. The van der Waals surface area contributed by atoms with E-state index in [9.17, 15) is 4.79 Å². The molecule has 0 saturated carbocycles. The Balaban J connectivity index is 1.84. The van der Waals surface area contributed by atoms with Crippen molar-refractivity contribution in [3.8, 4) is 0 Å². The lowest BCUT2D eigenvalue weighted by molar-refractivity contribution is -0.139. The summed E-state index contributed by atoms with van der Waals surface area (Å²) in [7, 11) is 0. The summed E-state index contributed by atoms with van der Waals surface area (Å²) in [5.41, 5.74) is 3.08. The van der Waals surface area contributed by atoms with Crippen LogP contribution in [0.5, 0.6) is 0 Å². The lowest BCUT2D eigenvalue weighted by atomic mass is 9.88. The van der Waals surface area contributed by atoms with E-state index in [-0.39, 0.29) is 6.04 Å². The molecule has 1 aromatic carbocycles. The molecule has 1 heterocycles. The predicted molar refractivity (Wildman–Crippen MR) is 85.5 cm³/mol. The lowest BCUT2D eigenvalue weighted by Crippen LogP contribution is -2.29. The summed E-state index contributed by atoms with van der Waals surface area (Å²) >= 11 is 0. The molecule has 0 aromatic heterocycles. The number of aliphatic carboxylic acids is 1. The van der Waals surface area contributed by atoms with Gasteiger partial charge in [-0.25, -0.2) is 0 Å². The van der Waals surface area contributed by atoms with Gasteiger partial charge in [0.05, 0.1) is 0 Å². The largest absolute Gasteiger partial charge is 0.480 e. The number of aryl methyl sites for hydroxylation is 1. The van der Waals surface area contributed by atoms with E-state index in [2.05, 4.69) is 50.4 Å². The van der Waals surface area contributed by atoms with Gasteiger partial charge < -0.3 is 10.4 Å². The van der Waals surface area contributed by atoms with Crippen LogP contribution in [0.3, 0.4) is 0 Å². The van der Waals surface area contributed by atoms with Crippen LogP contribution in [0.15, 0.2) is 24.3 Å². The number of benzene rings is 1. The van der Waals surface area contributed by atoms with Crippen molar-refractivity contribution in [1.29, 1.82) is 0 Å². The first kappa shape index (κ1) is 16.0. The molecule has 0 aliphatic carbocycles. The molecule has 1 unspecified atom stereocenters. The van der Waals surface area contributed by atoms with Gasteiger partial charge in [-0.15, -0.1) is 0 Å². The number of carboxylic acid groups (broad SMARTS) is 1. The highest BCUT2D eigenvalue weighted by atomic mass is 16.4. The first-order chi connectivity index (χ1) is 9.83. The molecule has 1 saturated heterocycles. The van der Waals surface area contributed by atoms with Gasteiger partial charge in [-0.3, -0.25) is 4.79 Å². The quantitative estimate of drug-likeness (QED) is 0.874. The van der Waals surface area contributed by atoms with E-state index in [4.69, 9.17) is 5.11 Å². The minimum Gasteiger partial charge on any atom is -0.480 e. The second-order valence-electron chi connectivity index (χ2n) is 7.48. The number of carbonyl (C=O) groups is 1. The van der Waals surface area contributed by atoms with Crippen molar-refractivity contribution < 1.29 is 9.90 Å². The third kappa shape index (κ3) is 5.16. The molecule has 2 N–H and O–H groups in total. The van der Waals surface area contributed by atoms with Crippen molar-refractivity contribution in [3.05, 3.63) is 35.4 Å².